The predicted molar refractivity (Wildman–Crippen MR) is 104 cm³/mol. The molecule has 146 valence electrons. The van der Waals surface area contributed by atoms with Crippen molar-refractivity contribution < 1.29 is 18.7 Å². The first-order valence-electron chi connectivity index (χ1n) is 9.45. The number of carbonyl (C=O) groups is 2. The summed E-state index contributed by atoms with van der Waals surface area (Å²) in [5.74, 6) is 1.21. The van der Waals surface area contributed by atoms with Crippen LogP contribution in [0, 0.1) is 6.92 Å². The van der Waals surface area contributed by atoms with Gasteiger partial charge in [-0.1, -0.05) is 48.0 Å². The van der Waals surface area contributed by atoms with Gasteiger partial charge in [0.2, 0.25) is 5.89 Å². The third kappa shape index (κ3) is 2.77. The number of amides is 3. The van der Waals surface area contributed by atoms with Crippen LogP contribution in [0.4, 0.5) is 4.79 Å². The van der Waals surface area contributed by atoms with Crippen LogP contribution in [0.2, 0.25) is 0 Å². The van der Waals surface area contributed by atoms with Crippen molar-refractivity contribution in [1.82, 2.24) is 15.2 Å². The molecule has 0 aliphatic carbocycles. The van der Waals surface area contributed by atoms with Gasteiger partial charge in [-0.3, -0.25) is 9.69 Å². The zero-order valence-electron chi connectivity index (χ0n) is 15.8. The van der Waals surface area contributed by atoms with Crippen LogP contribution in [-0.2, 0) is 16.9 Å². The van der Waals surface area contributed by atoms with Crippen molar-refractivity contribution in [3.05, 3.63) is 71.7 Å². The molecule has 3 amide bonds. The first kappa shape index (κ1) is 17.5. The van der Waals surface area contributed by atoms with Crippen LogP contribution in [0.25, 0.3) is 11.3 Å². The number of carbonyl (C=O) groups excluding carboxylic acids is 2. The normalized spacial score (nSPS) is 20.5. The fourth-order valence-electron chi connectivity index (χ4n) is 3.89. The van der Waals surface area contributed by atoms with Gasteiger partial charge in [0.05, 0.1) is 12.8 Å². The molecule has 1 fully saturated rings. The van der Waals surface area contributed by atoms with E-state index >= 15 is 0 Å². The highest BCUT2D eigenvalue weighted by Crippen LogP contribution is 2.41. The van der Waals surface area contributed by atoms with E-state index in [0.717, 1.165) is 16.0 Å². The van der Waals surface area contributed by atoms with Crippen molar-refractivity contribution in [1.29, 1.82) is 0 Å². The molecular weight excluding hydrogens is 370 g/mol. The van der Waals surface area contributed by atoms with E-state index in [4.69, 9.17) is 9.15 Å². The summed E-state index contributed by atoms with van der Waals surface area (Å²) in [6.45, 7) is 2.34. The minimum Gasteiger partial charge on any atom is -0.493 e. The second-order valence-corrected chi connectivity index (χ2v) is 7.31. The fourth-order valence-corrected chi connectivity index (χ4v) is 3.89. The van der Waals surface area contributed by atoms with Crippen LogP contribution in [0.5, 0.6) is 5.75 Å². The molecule has 2 aliphatic rings. The summed E-state index contributed by atoms with van der Waals surface area (Å²) < 4.78 is 11.5. The Labute approximate surface area is 167 Å². The summed E-state index contributed by atoms with van der Waals surface area (Å²) in [4.78, 5) is 31.4. The molecule has 1 saturated heterocycles. The molecule has 1 atom stereocenters. The lowest BCUT2D eigenvalue weighted by Gasteiger charge is -2.33. The SMILES string of the molecule is Cc1ccc(-c2cnc(CN3C(=O)N[C@@]4(CCOc5ccccc54)C3=O)o2)cc1. The van der Waals surface area contributed by atoms with Crippen molar-refractivity contribution in [2.24, 2.45) is 0 Å². The molecule has 0 saturated carbocycles. The van der Waals surface area contributed by atoms with Crippen LogP contribution in [0.1, 0.15) is 23.4 Å². The lowest BCUT2D eigenvalue weighted by molar-refractivity contribution is -0.133. The maximum Gasteiger partial charge on any atom is 0.325 e. The molecule has 3 aromatic rings. The monoisotopic (exact) mass is 389 g/mol. The van der Waals surface area contributed by atoms with E-state index in [2.05, 4.69) is 10.3 Å². The quantitative estimate of drug-likeness (QED) is 0.694. The first-order chi connectivity index (χ1) is 14.1. The number of para-hydroxylation sites is 1. The van der Waals surface area contributed by atoms with E-state index in [-0.39, 0.29) is 12.5 Å². The molecule has 1 N–H and O–H groups in total. The van der Waals surface area contributed by atoms with Gasteiger partial charge in [-0.2, -0.15) is 0 Å². The molecule has 2 aromatic carbocycles. The van der Waals surface area contributed by atoms with Crippen LogP contribution in [-0.4, -0.2) is 28.4 Å². The van der Waals surface area contributed by atoms with Crippen LogP contribution in [0.15, 0.2) is 59.1 Å². The predicted octanol–water partition coefficient (Wildman–Crippen LogP) is 3.38. The Hall–Kier alpha value is -3.61. The van der Waals surface area contributed by atoms with Gasteiger partial charge in [0.15, 0.2) is 11.3 Å². The van der Waals surface area contributed by atoms with E-state index in [1.165, 1.54) is 0 Å². The van der Waals surface area contributed by atoms with Crippen molar-refractivity contribution >= 4 is 11.9 Å². The second-order valence-electron chi connectivity index (χ2n) is 7.31. The third-order valence-electron chi connectivity index (χ3n) is 5.44. The number of nitrogens with one attached hydrogen (secondary N) is 1. The van der Waals surface area contributed by atoms with E-state index in [1.54, 1.807) is 12.3 Å². The molecule has 5 rings (SSSR count). The minimum absolute atomic E-state index is 0.0265. The number of benzene rings is 2. The number of ether oxygens (including phenoxy) is 1. The number of oxazole rings is 1. The summed E-state index contributed by atoms with van der Waals surface area (Å²) in [5, 5.41) is 2.88. The Balaban J connectivity index is 1.42. The molecule has 1 spiro atoms. The molecule has 29 heavy (non-hydrogen) atoms. The average Bonchev–Trinajstić information content (AvgIpc) is 3.29. The minimum atomic E-state index is -1.10. The molecule has 3 heterocycles. The maximum absolute atomic E-state index is 13.3. The van der Waals surface area contributed by atoms with Crippen molar-refractivity contribution in [3.8, 4) is 17.1 Å². The number of nitrogens with zero attached hydrogens (tertiary/aromatic N) is 2. The number of hydrogen-bond acceptors (Lipinski definition) is 5. The summed E-state index contributed by atoms with van der Waals surface area (Å²) in [7, 11) is 0. The number of aryl methyl sites for hydroxylation is 1. The van der Waals surface area contributed by atoms with E-state index in [0.29, 0.717) is 36.0 Å². The highest BCUT2D eigenvalue weighted by Gasteiger charge is 2.55. The number of hydrogen-bond donors (Lipinski definition) is 1. The third-order valence-corrected chi connectivity index (χ3v) is 5.44. The number of urea groups is 1. The lowest BCUT2D eigenvalue weighted by Crippen LogP contribution is -2.47. The summed E-state index contributed by atoms with van der Waals surface area (Å²) in [5.41, 5.74) is 1.62. The molecule has 7 nitrogen and oxygen atoms in total. The number of fused-ring (bicyclic) bond motifs is 2. The van der Waals surface area contributed by atoms with Gasteiger partial charge >= 0.3 is 6.03 Å². The largest absolute Gasteiger partial charge is 0.493 e. The highest BCUT2D eigenvalue weighted by atomic mass is 16.5. The molecule has 2 aliphatic heterocycles. The smallest absolute Gasteiger partial charge is 0.325 e. The van der Waals surface area contributed by atoms with Gasteiger partial charge in [0.1, 0.15) is 12.3 Å². The van der Waals surface area contributed by atoms with E-state index in [1.807, 2.05) is 49.4 Å². The van der Waals surface area contributed by atoms with Crippen LogP contribution in [0.3, 0.4) is 0 Å². The number of rotatable bonds is 3. The Kier molecular flexibility index (Phi) is 3.91. The lowest BCUT2D eigenvalue weighted by atomic mass is 9.84. The van der Waals surface area contributed by atoms with E-state index < -0.39 is 11.6 Å². The molecule has 0 bridgehead atoms. The fraction of sp³-hybridized carbons (Fsp3) is 0.227. The average molecular weight is 389 g/mol. The van der Waals surface area contributed by atoms with Crippen LogP contribution < -0.4 is 10.1 Å². The standard InChI is InChI=1S/C22H19N3O4/c1-14-6-8-15(9-7-14)18-12-23-19(29-18)13-25-20(26)22(24-21(25)27)10-11-28-17-5-3-2-4-16(17)22/h2-9,12H,10-11,13H2,1H3,(H,24,27)/t22-/m1/s1. The Morgan fingerprint density at radius 1 is 1.14 bits per heavy atom. The van der Waals surface area contributed by atoms with E-state index in [9.17, 15) is 9.59 Å². The summed E-state index contributed by atoms with van der Waals surface area (Å²) in [6.07, 6.45) is 1.99. The maximum atomic E-state index is 13.3. The molecule has 1 aromatic heterocycles. The zero-order valence-corrected chi connectivity index (χ0v) is 15.8. The Morgan fingerprint density at radius 3 is 2.76 bits per heavy atom. The zero-order chi connectivity index (χ0) is 20.0. The highest BCUT2D eigenvalue weighted by molar-refractivity contribution is 6.07. The molecule has 7 heteroatoms. The van der Waals surface area contributed by atoms with Crippen molar-refractivity contribution in [2.75, 3.05) is 6.61 Å². The number of aromatic nitrogens is 1. The Bertz CT molecular complexity index is 1110. The van der Waals surface area contributed by atoms with Gasteiger partial charge in [-0.15, -0.1) is 0 Å². The second kappa shape index (κ2) is 6.48. The first-order valence-corrected chi connectivity index (χ1v) is 9.45. The van der Waals surface area contributed by atoms with Gasteiger partial charge in [-0.05, 0) is 13.0 Å². The summed E-state index contributed by atoms with van der Waals surface area (Å²) >= 11 is 0. The van der Waals surface area contributed by atoms with Gasteiger partial charge in [-0.25, -0.2) is 9.78 Å². The number of imide groups is 1. The van der Waals surface area contributed by atoms with Crippen molar-refractivity contribution in [3.63, 3.8) is 0 Å². The molecule has 0 unspecified atom stereocenters. The van der Waals surface area contributed by atoms with Crippen molar-refractivity contribution in [2.45, 2.75) is 25.4 Å². The Morgan fingerprint density at radius 2 is 1.93 bits per heavy atom. The van der Waals surface area contributed by atoms with Gasteiger partial charge < -0.3 is 14.5 Å². The molecule has 0 radical (unpaired) electrons. The topological polar surface area (TPSA) is 84.7 Å². The van der Waals surface area contributed by atoms with Crippen LogP contribution >= 0.6 is 0 Å². The van der Waals surface area contributed by atoms with Gasteiger partial charge in [0, 0.05) is 17.5 Å². The summed E-state index contributed by atoms with van der Waals surface area (Å²) in [6, 6.07) is 14.7. The molecular formula is C22H19N3O4. The van der Waals surface area contributed by atoms with Gasteiger partial charge in [0.25, 0.3) is 5.91 Å².